The number of hydrogen-bond acceptors (Lipinski definition) is 3. The Morgan fingerprint density at radius 1 is 1.05 bits per heavy atom. The van der Waals surface area contributed by atoms with E-state index in [1.54, 1.807) is 17.1 Å². The number of nitrogen functional groups attached to an aromatic ring is 1. The van der Waals surface area contributed by atoms with Crippen molar-refractivity contribution in [1.82, 2.24) is 14.8 Å². The summed E-state index contributed by atoms with van der Waals surface area (Å²) in [6, 6.07) is 13.5. The highest BCUT2D eigenvalue weighted by Gasteiger charge is 2.11. The average Bonchev–Trinajstić information content (AvgIpc) is 2.82. The first-order valence-corrected chi connectivity index (χ1v) is 6.56. The van der Waals surface area contributed by atoms with Gasteiger partial charge >= 0.3 is 0 Å². The molecule has 94 valence electrons. The van der Waals surface area contributed by atoms with Gasteiger partial charge in [0.15, 0.2) is 0 Å². The van der Waals surface area contributed by atoms with Gasteiger partial charge in [0.2, 0.25) is 0 Å². The second-order valence-electron chi connectivity index (χ2n) is 4.04. The molecule has 0 saturated carbocycles. The van der Waals surface area contributed by atoms with Crippen molar-refractivity contribution in [2.45, 2.75) is 0 Å². The Balaban J connectivity index is 2.10. The zero-order chi connectivity index (χ0) is 13.2. The van der Waals surface area contributed by atoms with Crippen LogP contribution in [-0.2, 0) is 0 Å². The Morgan fingerprint density at radius 3 is 2.58 bits per heavy atom. The summed E-state index contributed by atoms with van der Waals surface area (Å²) in [5.74, 6) is 0. The molecule has 0 radical (unpaired) electrons. The summed E-state index contributed by atoms with van der Waals surface area (Å²) in [4.78, 5) is 4.27. The summed E-state index contributed by atoms with van der Waals surface area (Å²) < 4.78 is 2.72. The summed E-state index contributed by atoms with van der Waals surface area (Å²) >= 11 is 3.51. The van der Waals surface area contributed by atoms with Crippen molar-refractivity contribution >= 4 is 21.6 Å². The highest BCUT2D eigenvalue weighted by Crippen LogP contribution is 2.26. The second kappa shape index (κ2) is 4.85. The molecule has 4 nitrogen and oxygen atoms in total. The minimum absolute atomic E-state index is 0.606. The van der Waals surface area contributed by atoms with Crippen LogP contribution in [0.5, 0.6) is 0 Å². The van der Waals surface area contributed by atoms with Crippen molar-refractivity contribution < 1.29 is 0 Å². The molecule has 1 aromatic carbocycles. The fourth-order valence-corrected chi connectivity index (χ4v) is 2.32. The molecular formula is C14H11BrN4. The predicted octanol–water partition coefficient (Wildman–Crippen LogP) is 3.28. The lowest BCUT2D eigenvalue weighted by Crippen LogP contribution is -1.96. The molecular weight excluding hydrogens is 304 g/mol. The van der Waals surface area contributed by atoms with Crippen LogP contribution in [-0.4, -0.2) is 14.8 Å². The molecule has 0 aliphatic rings. The maximum Gasteiger partial charge on any atom is 0.134 e. The Kier molecular flexibility index (Phi) is 3.05. The van der Waals surface area contributed by atoms with E-state index in [4.69, 9.17) is 5.73 Å². The van der Waals surface area contributed by atoms with Gasteiger partial charge in [-0.3, -0.25) is 4.98 Å². The molecule has 2 N–H and O–H groups in total. The quantitative estimate of drug-likeness (QED) is 0.789. The minimum atomic E-state index is 0.606. The van der Waals surface area contributed by atoms with Crippen molar-refractivity contribution in [3.8, 4) is 17.1 Å². The van der Waals surface area contributed by atoms with Crippen molar-refractivity contribution in [2.75, 3.05) is 5.73 Å². The smallest absolute Gasteiger partial charge is 0.134 e. The van der Waals surface area contributed by atoms with E-state index in [1.165, 1.54) is 0 Å². The topological polar surface area (TPSA) is 56.7 Å². The lowest BCUT2D eigenvalue weighted by molar-refractivity contribution is 0.878. The third-order valence-electron chi connectivity index (χ3n) is 2.75. The summed E-state index contributed by atoms with van der Waals surface area (Å²) in [5.41, 5.74) is 9.03. The summed E-state index contributed by atoms with van der Waals surface area (Å²) in [6.07, 6.45) is 3.52. The molecule has 19 heavy (non-hydrogen) atoms. The molecule has 5 heteroatoms. The monoisotopic (exact) mass is 314 g/mol. The zero-order valence-corrected chi connectivity index (χ0v) is 11.6. The van der Waals surface area contributed by atoms with Crippen molar-refractivity contribution in [3.63, 3.8) is 0 Å². The Bertz CT molecular complexity index is 706. The maximum absolute atomic E-state index is 6.02. The van der Waals surface area contributed by atoms with Crippen LogP contribution in [0, 0.1) is 0 Å². The molecule has 0 bridgehead atoms. The molecule has 3 rings (SSSR count). The first-order chi connectivity index (χ1) is 9.25. The first-order valence-electron chi connectivity index (χ1n) is 5.77. The average molecular weight is 315 g/mol. The van der Waals surface area contributed by atoms with Crippen LogP contribution in [0.25, 0.3) is 17.1 Å². The van der Waals surface area contributed by atoms with Gasteiger partial charge in [0.25, 0.3) is 0 Å². The molecule has 0 fully saturated rings. The standard InChI is InChI=1S/C14H11BrN4/c15-10-5-1-2-7-13(10)19-9-11(16)14(18-19)12-6-3-4-8-17-12/h1-9H,16H2. The second-order valence-corrected chi connectivity index (χ2v) is 4.90. The van der Waals surface area contributed by atoms with Crippen molar-refractivity contribution in [1.29, 1.82) is 0 Å². The van der Waals surface area contributed by atoms with Gasteiger partial charge < -0.3 is 5.73 Å². The molecule has 0 spiro atoms. The number of rotatable bonds is 2. The van der Waals surface area contributed by atoms with E-state index in [2.05, 4.69) is 26.0 Å². The molecule has 2 aromatic heterocycles. The number of nitrogens with zero attached hydrogens (tertiary/aromatic N) is 3. The van der Waals surface area contributed by atoms with Gasteiger partial charge in [0.1, 0.15) is 5.69 Å². The highest BCUT2D eigenvalue weighted by molar-refractivity contribution is 9.10. The number of para-hydroxylation sites is 1. The molecule has 0 atom stereocenters. The Labute approximate surface area is 119 Å². The van der Waals surface area contributed by atoms with E-state index >= 15 is 0 Å². The van der Waals surface area contributed by atoms with Crippen LogP contribution in [0.2, 0.25) is 0 Å². The first kappa shape index (κ1) is 11.9. The predicted molar refractivity (Wildman–Crippen MR) is 78.9 cm³/mol. The van der Waals surface area contributed by atoms with E-state index in [0.717, 1.165) is 15.9 Å². The number of pyridine rings is 1. The summed E-state index contributed by atoms with van der Waals surface area (Å²) in [7, 11) is 0. The van der Waals surface area contributed by atoms with Crippen molar-refractivity contribution in [2.24, 2.45) is 0 Å². The van der Waals surface area contributed by atoms with Gasteiger partial charge in [-0.15, -0.1) is 0 Å². The maximum atomic E-state index is 6.02. The highest BCUT2D eigenvalue weighted by atomic mass is 79.9. The summed E-state index contributed by atoms with van der Waals surface area (Å²) in [6.45, 7) is 0. The molecule has 2 heterocycles. The largest absolute Gasteiger partial charge is 0.396 e. The van der Waals surface area contributed by atoms with E-state index in [9.17, 15) is 0 Å². The van der Waals surface area contributed by atoms with Crippen LogP contribution in [0.3, 0.4) is 0 Å². The molecule has 3 aromatic rings. The normalized spacial score (nSPS) is 10.6. The molecule has 0 aliphatic heterocycles. The number of halogens is 1. The molecule has 0 unspecified atom stereocenters. The summed E-state index contributed by atoms with van der Waals surface area (Å²) in [5, 5.41) is 4.51. The van der Waals surface area contributed by atoms with Crippen LogP contribution >= 0.6 is 15.9 Å². The fraction of sp³-hybridized carbons (Fsp3) is 0. The van der Waals surface area contributed by atoms with Gasteiger partial charge in [-0.25, -0.2) is 4.68 Å². The molecule has 0 aliphatic carbocycles. The Hall–Kier alpha value is -2.14. The van der Waals surface area contributed by atoms with E-state index in [-0.39, 0.29) is 0 Å². The number of benzene rings is 1. The van der Waals surface area contributed by atoms with Gasteiger partial charge in [0.05, 0.1) is 23.3 Å². The van der Waals surface area contributed by atoms with Gasteiger partial charge in [-0.1, -0.05) is 18.2 Å². The zero-order valence-electron chi connectivity index (χ0n) is 9.99. The third kappa shape index (κ3) is 2.24. The number of anilines is 1. The van der Waals surface area contributed by atoms with E-state index < -0.39 is 0 Å². The minimum Gasteiger partial charge on any atom is -0.396 e. The van der Waals surface area contributed by atoms with Crippen LogP contribution in [0.15, 0.2) is 59.3 Å². The number of nitrogens with two attached hydrogens (primary N) is 1. The van der Waals surface area contributed by atoms with Gasteiger partial charge in [0, 0.05) is 10.7 Å². The van der Waals surface area contributed by atoms with E-state index in [1.807, 2.05) is 42.5 Å². The Morgan fingerprint density at radius 2 is 1.84 bits per heavy atom. The lowest BCUT2D eigenvalue weighted by atomic mass is 10.2. The van der Waals surface area contributed by atoms with Gasteiger partial charge in [-0.2, -0.15) is 5.10 Å². The third-order valence-corrected chi connectivity index (χ3v) is 3.42. The molecule has 0 saturated heterocycles. The van der Waals surface area contributed by atoms with Crippen molar-refractivity contribution in [3.05, 3.63) is 59.3 Å². The number of aromatic nitrogens is 3. The fourth-order valence-electron chi connectivity index (χ4n) is 1.85. The van der Waals surface area contributed by atoms with Crippen LogP contribution < -0.4 is 5.73 Å². The SMILES string of the molecule is Nc1cn(-c2ccccc2Br)nc1-c1ccccn1. The van der Waals surface area contributed by atoms with Gasteiger partial charge in [-0.05, 0) is 40.2 Å². The van der Waals surface area contributed by atoms with E-state index in [0.29, 0.717) is 11.4 Å². The van der Waals surface area contributed by atoms with Crippen LogP contribution in [0.4, 0.5) is 5.69 Å². The van der Waals surface area contributed by atoms with Crippen LogP contribution in [0.1, 0.15) is 0 Å². The number of hydrogen-bond donors (Lipinski definition) is 1. The molecule has 0 amide bonds. The lowest BCUT2D eigenvalue weighted by Gasteiger charge is -2.03.